The lowest BCUT2D eigenvalue weighted by molar-refractivity contribution is 1.64. The highest BCUT2D eigenvalue weighted by Gasteiger charge is 2.09. The van der Waals surface area contributed by atoms with Crippen LogP contribution in [0.2, 0.25) is 0 Å². The molecule has 0 aliphatic carbocycles. The molecule has 0 nitrogen and oxygen atoms in total. The molecule has 1 heteroatoms. The maximum absolute atomic E-state index is 2.33. The summed E-state index contributed by atoms with van der Waals surface area (Å²) in [6, 6.07) is 39.6. The van der Waals surface area contributed by atoms with Crippen molar-refractivity contribution in [3.8, 4) is 21.6 Å². The highest BCUT2D eigenvalue weighted by Crippen LogP contribution is 2.38. The Balaban J connectivity index is 1.48. The van der Waals surface area contributed by atoms with Crippen molar-refractivity contribution in [2.45, 2.75) is 0 Å². The second-order valence-electron chi connectivity index (χ2n) is 7.46. The Morgan fingerprint density at radius 2 is 1.10 bits per heavy atom. The van der Waals surface area contributed by atoms with E-state index >= 15 is 0 Å². The number of hydrogen-bond donors (Lipinski definition) is 0. The van der Waals surface area contributed by atoms with Crippen molar-refractivity contribution in [1.29, 1.82) is 0 Å². The molecule has 0 spiro atoms. The van der Waals surface area contributed by atoms with Crippen molar-refractivity contribution in [2.24, 2.45) is 0 Å². The molecule has 0 unspecified atom stereocenters. The van der Waals surface area contributed by atoms with E-state index in [0.29, 0.717) is 0 Å². The van der Waals surface area contributed by atoms with Crippen LogP contribution in [-0.4, -0.2) is 0 Å². The van der Waals surface area contributed by atoms with E-state index in [9.17, 15) is 0 Å². The lowest BCUT2D eigenvalue weighted by Gasteiger charge is -2.06. The Kier molecular flexibility index (Phi) is 3.75. The number of hydrogen-bond acceptors (Lipinski definition) is 1. The highest BCUT2D eigenvalue weighted by molar-refractivity contribution is 7.23. The lowest BCUT2D eigenvalue weighted by Crippen LogP contribution is -1.80. The van der Waals surface area contributed by atoms with E-state index in [-0.39, 0.29) is 0 Å². The smallest absolute Gasteiger partial charge is 0.0427 e. The summed E-state index contributed by atoms with van der Waals surface area (Å²) < 4.78 is 1.37. The summed E-state index contributed by atoms with van der Waals surface area (Å²) in [6.45, 7) is 0. The van der Waals surface area contributed by atoms with Crippen LogP contribution in [0.15, 0.2) is 109 Å². The predicted octanol–water partition coefficient (Wildman–Crippen LogP) is 8.54. The van der Waals surface area contributed by atoms with Crippen molar-refractivity contribution < 1.29 is 0 Å². The predicted molar refractivity (Wildman–Crippen MR) is 128 cm³/mol. The molecule has 0 bridgehead atoms. The molecule has 136 valence electrons. The molecule has 0 atom stereocenters. The van der Waals surface area contributed by atoms with Gasteiger partial charge in [-0.25, -0.2) is 0 Å². The largest absolute Gasteiger partial charge is 0.135 e. The van der Waals surface area contributed by atoms with Gasteiger partial charge in [0, 0.05) is 9.58 Å². The molecule has 5 aromatic carbocycles. The summed E-state index contributed by atoms with van der Waals surface area (Å²) >= 11 is 1.89. The van der Waals surface area contributed by atoms with Gasteiger partial charge in [0.1, 0.15) is 0 Å². The molecule has 1 heterocycles. The third-order valence-electron chi connectivity index (χ3n) is 5.64. The molecular formula is C28H18S. The molecule has 0 aliphatic heterocycles. The fourth-order valence-corrected chi connectivity index (χ4v) is 5.32. The first-order valence-electron chi connectivity index (χ1n) is 9.86. The van der Waals surface area contributed by atoms with Crippen LogP contribution in [0.1, 0.15) is 0 Å². The molecule has 0 aliphatic rings. The molecular weight excluding hydrogens is 368 g/mol. The van der Waals surface area contributed by atoms with Crippen LogP contribution in [-0.2, 0) is 0 Å². The van der Waals surface area contributed by atoms with Gasteiger partial charge in [-0.2, -0.15) is 0 Å². The van der Waals surface area contributed by atoms with Gasteiger partial charge < -0.3 is 0 Å². The van der Waals surface area contributed by atoms with Crippen molar-refractivity contribution in [3.05, 3.63) is 109 Å². The van der Waals surface area contributed by atoms with Gasteiger partial charge in [0.2, 0.25) is 0 Å². The van der Waals surface area contributed by atoms with Crippen LogP contribution >= 0.6 is 11.3 Å². The average Bonchev–Trinajstić information content (AvgIpc) is 3.24. The third-order valence-corrected chi connectivity index (χ3v) is 6.87. The van der Waals surface area contributed by atoms with E-state index < -0.39 is 0 Å². The maximum atomic E-state index is 2.33. The quantitative estimate of drug-likeness (QED) is 0.280. The van der Waals surface area contributed by atoms with Crippen molar-refractivity contribution >= 4 is 43.0 Å². The molecule has 0 amide bonds. The van der Waals surface area contributed by atoms with E-state index in [1.165, 1.54) is 53.2 Å². The molecule has 29 heavy (non-hydrogen) atoms. The minimum Gasteiger partial charge on any atom is -0.135 e. The number of rotatable bonds is 2. The zero-order valence-electron chi connectivity index (χ0n) is 15.8. The molecule has 0 saturated heterocycles. The second-order valence-corrected chi connectivity index (χ2v) is 8.51. The van der Waals surface area contributed by atoms with Gasteiger partial charge in [0.15, 0.2) is 0 Å². The first kappa shape index (κ1) is 16.5. The summed E-state index contributed by atoms with van der Waals surface area (Å²) in [5.74, 6) is 0. The van der Waals surface area contributed by atoms with E-state index in [1.807, 2.05) is 11.3 Å². The SMILES string of the molecule is c1cc(-c2ccc3ccccc3c2)cc(-c2cc3ccc4ccccc4c3s2)c1. The minimum absolute atomic E-state index is 1.26. The fourth-order valence-electron chi connectivity index (χ4n) is 4.13. The van der Waals surface area contributed by atoms with Crippen LogP contribution in [0, 0.1) is 0 Å². The first-order chi connectivity index (χ1) is 14.3. The van der Waals surface area contributed by atoms with E-state index in [4.69, 9.17) is 0 Å². The summed E-state index contributed by atoms with van der Waals surface area (Å²) in [4.78, 5) is 1.32. The molecule has 6 rings (SSSR count). The van der Waals surface area contributed by atoms with Crippen molar-refractivity contribution in [2.75, 3.05) is 0 Å². The highest BCUT2D eigenvalue weighted by atomic mass is 32.1. The summed E-state index contributed by atoms with van der Waals surface area (Å²) in [6.07, 6.45) is 0. The topological polar surface area (TPSA) is 0 Å². The Labute approximate surface area is 173 Å². The monoisotopic (exact) mass is 386 g/mol. The van der Waals surface area contributed by atoms with E-state index in [2.05, 4.69) is 109 Å². The molecule has 0 fully saturated rings. The standard InChI is InChI=1S/C28H18S/c1-2-8-21-16-23(14-12-19(21)6-1)22-9-5-10-24(17-22)27-18-25-15-13-20-7-3-4-11-26(20)28(25)29-27/h1-18H. The maximum Gasteiger partial charge on any atom is 0.0427 e. The number of benzene rings is 5. The molecule has 0 N–H and O–H groups in total. The summed E-state index contributed by atoms with van der Waals surface area (Å²) in [5.41, 5.74) is 3.80. The number of fused-ring (bicyclic) bond motifs is 4. The van der Waals surface area contributed by atoms with Gasteiger partial charge in [-0.15, -0.1) is 11.3 Å². The van der Waals surface area contributed by atoms with Gasteiger partial charge in [0.25, 0.3) is 0 Å². The van der Waals surface area contributed by atoms with Gasteiger partial charge in [-0.3, -0.25) is 0 Å². The number of thiophene rings is 1. The molecule has 0 radical (unpaired) electrons. The molecule has 0 saturated carbocycles. The second kappa shape index (κ2) is 6.58. The third kappa shape index (κ3) is 2.83. The molecule has 1 aromatic heterocycles. The van der Waals surface area contributed by atoms with E-state index in [1.54, 1.807) is 0 Å². The van der Waals surface area contributed by atoms with Crippen molar-refractivity contribution in [1.82, 2.24) is 0 Å². The van der Waals surface area contributed by atoms with Crippen LogP contribution in [0.4, 0.5) is 0 Å². The Morgan fingerprint density at radius 1 is 0.414 bits per heavy atom. The van der Waals surface area contributed by atoms with Gasteiger partial charge >= 0.3 is 0 Å². The lowest BCUT2D eigenvalue weighted by atomic mass is 9.99. The zero-order chi connectivity index (χ0) is 19.2. The van der Waals surface area contributed by atoms with Crippen LogP contribution in [0.25, 0.3) is 53.2 Å². The van der Waals surface area contributed by atoms with E-state index in [0.717, 1.165) is 0 Å². The Bertz CT molecular complexity index is 1500. The summed E-state index contributed by atoms with van der Waals surface area (Å²) in [5, 5.41) is 6.53. The summed E-state index contributed by atoms with van der Waals surface area (Å²) in [7, 11) is 0. The van der Waals surface area contributed by atoms with Crippen LogP contribution in [0.3, 0.4) is 0 Å². The van der Waals surface area contributed by atoms with Crippen LogP contribution in [0.5, 0.6) is 0 Å². The van der Waals surface area contributed by atoms with Gasteiger partial charge in [0.05, 0.1) is 0 Å². The van der Waals surface area contributed by atoms with Crippen LogP contribution < -0.4 is 0 Å². The normalized spacial score (nSPS) is 11.4. The van der Waals surface area contributed by atoms with Crippen molar-refractivity contribution in [3.63, 3.8) is 0 Å². The average molecular weight is 387 g/mol. The fraction of sp³-hybridized carbons (Fsp3) is 0. The first-order valence-corrected chi connectivity index (χ1v) is 10.7. The Hall–Kier alpha value is -3.42. The zero-order valence-corrected chi connectivity index (χ0v) is 16.6. The Morgan fingerprint density at radius 3 is 2.03 bits per heavy atom. The van der Waals surface area contributed by atoms with Gasteiger partial charge in [-0.1, -0.05) is 91.0 Å². The minimum atomic E-state index is 1.26. The molecule has 6 aromatic rings. The van der Waals surface area contributed by atoms with Gasteiger partial charge in [-0.05, 0) is 61.8 Å².